The first kappa shape index (κ1) is 38.5. The maximum Gasteiger partial charge on any atom is 0.271 e. The predicted octanol–water partition coefficient (Wildman–Crippen LogP) is 6.94. The average Bonchev–Trinajstić information content (AvgIpc) is 3.61. The first-order valence-corrected chi connectivity index (χ1v) is 20.4. The number of likely N-dealkylation sites (tertiary alicyclic amines) is 1. The fraction of sp³-hybridized carbons (Fsp3) is 0.292. The second kappa shape index (κ2) is 16.7. The summed E-state index contributed by atoms with van der Waals surface area (Å²) in [6, 6.07) is 42.0. The molecule has 3 saturated heterocycles. The minimum absolute atomic E-state index is 0.0210. The number of nitrogens with one attached hydrogen (secondary N) is 2. The normalized spacial score (nSPS) is 21.7. The second-order valence-corrected chi connectivity index (χ2v) is 15.8. The summed E-state index contributed by atoms with van der Waals surface area (Å²) < 4.78 is 13.7. The van der Waals surface area contributed by atoms with E-state index in [0.29, 0.717) is 25.3 Å². The van der Waals surface area contributed by atoms with E-state index < -0.39 is 11.8 Å². The van der Waals surface area contributed by atoms with Crippen LogP contribution < -0.4 is 15.5 Å². The summed E-state index contributed by atoms with van der Waals surface area (Å²) in [5.41, 5.74) is 7.96. The van der Waals surface area contributed by atoms with Gasteiger partial charge in [0.25, 0.3) is 5.91 Å². The molecule has 11 heteroatoms. The fourth-order valence-corrected chi connectivity index (χ4v) is 8.83. The van der Waals surface area contributed by atoms with Gasteiger partial charge >= 0.3 is 0 Å². The Bertz CT molecular complexity index is 2420. The predicted molar refractivity (Wildman–Crippen MR) is 226 cm³/mol. The number of rotatable bonds is 10. The first-order chi connectivity index (χ1) is 28.9. The summed E-state index contributed by atoms with van der Waals surface area (Å²) in [5.74, 6) is -0.152. The van der Waals surface area contributed by atoms with E-state index in [1.165, 1.54) is 6.20 Å². The average molecular weight is 789 g/mol. The van der Waals surface area contributed by atoms with Gasteiger partial charge in [-0.1, -0.05) is 110 Å². The Balaban J connectivity index is 0.912. The fourth-order valence-electron chi connectivity index (χ4n) is 8.83. The number of aromatic nitrogens is 2. The van der Waals surface area contributed by atoms with Crippen LogP contribution >= 0.6 is 0 Å². The van der Waals surface area contributed by atoms with Crippen molar-refractivity contribution < 1.29 is 24.2 Å². The molecule has 2 amide bonds. The van der Waals surface area contributed by atoms with Crippen LogP contribution in [0.3, 0.4) is 0 Å². The van der Waals surface area contributed by atoms with E-state index in [1.807, 2.05) is 84.9 Å². The van der Waals surface area contributed by atoms with Gasteiger partial charge in [0.05, 0.1) is 42.7 Å². The van der Waals surface area contributed by atoms with Crippen molar-refractivity contribution in [2.45, 2.75) is 57.0 Å². The first-order valence-electron chi connectivity index (χ1n) is 20.4. The van der Waals surface area contributed by atoms with Gasteiger partial charge in [0, 0.05) is 43.3 Å². The molecule has 1 spiro atoms. The summed E-state index contributed by atoms with van der Waals surface area (Å²) in [4.78, 5) is 40.1. The van der Waals surface area contributed by atoms with Gasteiger partial charge in [0.2, 0.25) is 5.91 Å². The lowest BCUT2D eigenvalue weighted by Gasteiger charge is -2.46. The molecule has 5 aromatic carbocycles. The number of para-hydroxylation sites is 3. The molecule has 3 fully saturated rings. The molecule has 0 aliphatic carbocycles. The number of anilines is 1. The van der Waals surface area contributed by atoms with Gasteiger partial charge in [0.1, 0.15) is 11.2 Å². The largest absolute Gasteiger partial charge is 0.392 e. The van der Waals surface area contributed by atoms with Crippen molar-refractivity contribution in [1.82, 2.24) is 25.5 Å². The van der Waals surface area contributed by atoms with Crippen LogP contribution in [0.1, 0.15) is 64.9 Å². The monoisotopic (exact) mass is 788 g/mol. The number of benzene rings is 5. The topological polar surface area (TPSA) is 129 Å². The molecule has 0 bridgehead atoms. The van der Waals surface area contributed by atoms with Gasteiger partial charge in [-0.05, 0) is 64.9 Å². The minimum Gasteiger partial charge on any atom is -0.392 e. The standard InChI is InChI=1S/C48H48N6O5/c1-32-43(29-53-25-23-48(24-26-53)47(57)51-31-54(48)38-10-3-2-4-11-38)58-46(59-44(32)35-17-15-33(30-55)16-18-35)36-21-19-34(20-22-36)39-12-6-5-9-37(39)27-50-45(56)42-28-49-40-13-7-8-14-41(40)52-42/h2-22,28,32,43-44,46,55H,23-27,29-31H2,1H3,(H,50,56)(H,51,57). The highest BCUT2D eigenvalue weighted by Crippen LogP contribution is 2.43. The highest BCUT2D eigenvalue weighted by atomic mass is 16.7. The number of hydrogen-bond acceptors (Lipinski definition) is 9. The number of carbonyl (C=O) groups is 2. The molecule has 300 valence electrons. The number of piperidine rings is 1. The summed E-state index contributed by atoms with van der Waals surface area (Å²) in [5, 5.41) is 15.9. The molecule has 9 rings (SSSR count). The van der Waals surface area contributed by atoms with Crippen molar-refractivity contribution in [3.8, 4) is 11.1 Å². The number of aliphatic hydroxyl groups excluding tert-OH is 1. The van der Waals surface area contributed by atoms with Crippen LogP contribution in [-0.4, -0.2) is 69.7 Å². The molecule has 0 saturated carbocycles. The van der Waals surface area contributed by atoms with Crippen molar-refractivity contribution in [3.05, 3.63) is 162 Å². The molecular formula is C48H48N6O5. The van der Waals surface area contributed by atoms with Crippen LogP contribution in [0, 0.1) is 5.92 Å². The molecule has 4 atom stereocenters. The highest BCUT2D eigenvalue weighted by Gasteiger charge is 2.51. The van der Waals surface area contributed by atoms with Gasteiger partial charge < -0.3 is 35.0 Å². The van der Waals surface area contributed by atoms with E-state index in [9.17, 15) is 14.7 Å². The van der Waals surface area contributed by atoms with Gasteiger partial charge in [-0.3, -0.25) is 14.6 Å². The molecular weight excluding hydrogens is 741 g/mol. The number of fused-ring (bicyclic) bond motifs is 1. The smallest absolute Gasteiger partial charge is 0.271 e. The van der Waals surface area contributed by atoms with Crippen molar-refractivity contribution in [1.29, 1.82) is 0 Å². The molecule has 1 aromatic heterocycles. The van der Waals surface area contributed by atoms with E-state index in [4.69, 9.17) is 9.47 Å². The third-order valence-electron chi connectivity index (χ3n) is 12.3. The van der Waals surface area contributed by atoms with Gasteiger partial charge in [-0.25, -0.2) is 4.98 Å². The van der Waals surface area contributed by atoms with E-state index in [1.54, 1.807) is 0 Å². The Kier molecular flexibility index (Phi) is 10.9. The summed E-state index contributed by atoms with van der Waals surface area (Å²) in [6.07, 6.45) is 1.96. The maximum atomic E-state index is 13.4. The molecule has 0 radical (unpaired) electrons. The zero-order chi connectivity index (χ0) is 40.3. The molecule has 59 heavy (non-hydrogen) atoms. The summed E-state index contributed by atoms with van der Waals surface area (Å²) >= 11 is 0. The van der Waals surface area contributed by atoms with Gasteiger partial charge in [0.15, 0.2) is 6.29 Å². The third kappa shape index (κ3) is 7.82. The molecule has 6 aromatic rings. The third-order valence-corrected chi connectivity index (χ3v) is 12.3. The maximum absolute atomic E-state index is 13.4. The molecule has 4 heterocycles. The summed E-state index contributed by atoms with van der Waals surface area (Å²) in [6.45, 7) is 5.25. The molecule has 3 aliphatic rings. The minimum atomic E-state index is -0.615. The zero-order valence-corrected chi connectivity index (χ0v) is 33.0. The van der Waals surface area contributed by atoms with Crippen LogP contribution in [0.15, 0.2) is 134 Å². The van der Waals surface area contributed by atoms with Crippen LogP contribution in [0.4, 0.5) is 5.69 Å². The molecule has 3 N–H and O–H groups in total. The number of amides is 2. The van der Waals surface area contributed by atoms with Crippen LogP contribution in [-0.2, 0) is 27.4 Å². The van der Waals surface area contributed by atoms with E-state index in [-0.39, 0.29) is 42.2 Å². The van der Waals surface area contributed by atoms with Crippen molar-refractivity contribution in [3.63, 3.8) is 0 Å². The lowest BCUT2D eigenvalue weighted by atomic mass is 9.84. The lowest BCUT2D eigenvalue weighted by Crippen LogP contribution is -2.57. The Morgan fingerprint density at radius 3 is 2.31 bits per heavy atom. The lowest BCUT2D eigenvalue weighted by molar-refractivity contribution is -0.276. The van der Waals surface area contributed by atoms with Crippen molar-refractivity contribution in [2.24, 2.45) is 5.92 Å². The molecule has 4 unspecified atom stereocenters. The highest BCUT2D eigenvalue weighted by molar-refractivity contribution is 5.94. The van der Waals surface area contributed by atoms with Gasteiger partial charge in [-0.15, -0.1) is 0 Å². The van der Waals surface area contributed by atoms with Crippen molar-refractivity contribution in [2.75, 3.05) is 31.2 Å². The van der Waals surface area contributed by atoms with Crippen molar-refractivity contribution >= 4 is 28.5 Å². The number of aliphatic hydroxyl groups is 1. The number of ether oxygens (including phenoxy) is 2. The Labute approximate surface area is 344 Å². The van der Waals surface area contributed by atoms with Gasteiger partial charge in [-0.2, -0.15) is 0 Å². The van der Waals surface area contributed by atoms with E-state index in [2.05, 4.69) is 79.8 Å². The zero-order valence-electron chi connectivity index (χ0n) is 33.0. The van der Waals surface area contributed by atoms with Crippen LogP contribution in [0.25, 0.3) is 22.2 Å². The number of nitrogens with zero attached hydrogens (tertiary/aromatic N) is 4. The number of hydrogen-bond donors (Lipinski definition) is 3. The Morgan fingerprint density at radius 2 is 1.54 bits per heavy atom. The van der Waals surface area contributed by atoms with Crippen LogP contribution in [0.5, 0.6) is 0 Å². The molecule has 3 aliphatic heterocycles. The Morgan fingerprint density at radius 1 is 0.847 bits per heavy atom. The quantitative estimate of drug-likeness (QED) is 0.135. The second-order valence-electron chi connectivity index (χ2n) is 15.8. The van der Waals surface area contributed by atoms with E-state index >= 15 is 0 Å². The van der Waals surface area contributed by atoms with Crippen LogP contribution in [0.2, 0.25) is 0 Å². The molecule has 11 nitrogen and oxygen atoms in total. The SMILES string of the molecule is CC1C(CN2CCC3(CC2)C(=O)NCN3c2ccccc2)OC(c2ccc(-c3ccccc3CNC(=O)c3cnc4ccccc4n3)cc2)OC1c1ccc(CO)cc1. The Hall–Kier alpha value is -5.98. The summed E-state index contributed by atoms with van der Waals surface area (Å²) in [7, 11) is 0. The van der Waals surface area contributed by atoms with E-state index in [0.717, 1.165) is 70.5 Å². The number of carbonyl (C=O) groups excluding carboxylic acids is 2.